The second-order valence-electron chi connectivity index (χ2n) is 7.45. The lowest BCUT2D eigenvalue weighted by Gasteiger charge is -2.12. The molecule has 1 heterocycles. The Morgan fingerprint density at radius 3 is 2.42 bits per heavy atom. The van der Waals surface area contributed by atoms with E-state index in [2.05, 4.69) is 10.1 Å². The van der Waals surface area contributed by atoms with Crippen molar-refractivity contribution in [2.75, 3.05) is 0 Å². The minimum Gasteiger partial charge on any atom is -0.488 e. The van der Waals surface area contributed by atoms with Crippen LogP contribution in [-0.2, 0) is 6.61 Å². The lowest BCUT2D eigenvalue weighted by Crippen LogP contribution is -2.32. The van der Waals surface area contributed by atoms with Crippen LogP contribution in [0.3, 0.4) is 0 Å². The summed E-state index contributed by atoms with van der Waals surface area (Å²) in [5.41, 5.74) is 0.989. The number of halogens is 1. The summed E-state index contributed by atoms with van der Waals surface area (Å²) in [6.07, 6.45) is 1.49. The van der Waals surface area contributed by atoms with Gasteiger partial charge in [-0.25, -0.2) is 4.79 Å². The Bertz CT molecular complexity index is 1620. The zero-order valence-electron chi connectivity index (χ0n) is 17.4. The predicted molar refractivity (Wildman–Crippen MR) is 132 cm³/mol. The highest BCUT2D eigenvalue weighted by molar-refractivity contribution is 6.30. The minimum absolute atomic E-state index is 0.326. The number of benzene rings is 4. The van der Waals surface area contributed by atoms with E-state index in [9.17, 15) is 9.59 Å². The summed E-state index contributed by atoms with van der Waals surface area (Å²) >= 11 is 5.97. The number of fused-ring (bicyclic) bond motifs is 2. The number of ether oxygens (including phenoxy) is 1. The SMILES string of the molecule is O=c1[nH]c2ccccc2c(=O)n1N=Cc1c(OCc2ccc(Cl)cc2)ccc2ccccc12. The first kappa shape index (κ1) is 20.7. The largest absolute Gasteiger partial charge is 0.488 e. The van der Waals surface area contributed by atoms with Crippen LogP contribution in [-0.4, -0.2) is 15.9 Å². The number of rotatable bonds is 5. The van der Waals surface area contributed by atoms with Gasteiger partial charge in [-0.3, -0.25) is 4.79 Å². The minimum atomic E-state index is -0.612. The molecule has 4 aromatic carbocycles. The summed E-state index contributed by atoms with van der Waals surface area (Å²) in [5, 5.41) is 7.15. The average molecular weight is 456 g/mol. The lowest BCUT2D eigenvalue weighted by atomic mass is 10.0. The fourth-order valence-corrected chi connectivity index (χ4v) is 3.78. The number of nitrogens with one attached hydrogen (secondary N) is 1. The van der Waals surface area contributed by atoms with Gasteiger partial charge < -0.3 is 9.72 Å². The van der Waals surface area contributed by atoms with Crippen LogP contribution in [0.5, 0.6) is 5.75 Å². The molecule has 0 amide bonds. The van der Waals surface area contributed by atoms with Crippen LogP contribution in [0.2, 0.25) is 5.02 Å². The highest BCUT2D eigenvalue weighted by Gasteiger charge is 2.10. The summed E-state index contributed by atoms with van der Waals surface area (Å²) in [5.74, 6) is 0.581. The van der Waals surface area contributed by atoms with E-state index < -0.39 is 11.2 Å². The molecule has 0 bridgehead atoms. The number of hydrogen-bond acceptors (Lipinski definition) is 4. The third-order valence-corrected chi connectivity index (χ3v) is 5.58. The molecule has 5 rings (SSSR count). The Labute approximate surface area is 193 Å². The van der Waals surface area contributed by atoms with Crippen molar-refractivity contribution in [2.45, 2.75) is 6.61 Å². The summed E-state index contributed by atoms with van der Waals surface area (Å²) in [7, 11) is 0. The van der Waals surface area contributed by atoms with E-state index in [1.807, 2.05) is 48.5 Å². The summed E-state index contributed by atoms with van der Waals surface area (Å²) in [6.45, 7) is 0.326. The van der Waals surface area contributed by atoms with Gasteiger partial charge in [-0.1, -0.05) is 66.2 Å². The standard InChI is InChI=1S/C26H18ClN3O3/c27-19-12-9-17(10-13-19)16-33-24-14-11-18-5-1-2-6-20(18)22(24)15-28-30-25(31)21-7-3-4-8-23(21)29-26(30)32/h1-15H,16H2,(H,29,32). The van der Waals surface area contributed by atoms with Crippen LogP contribution >= 0.6 is 11.6 Å². The molecule has 0 aliphatic heterocycles. The van der Waals surface area contributed by atoms with Gasteiger partial charge in [-0.15, -0.1) is 4.68 Å². The monoisotopic (exact) mass is 455 g/mol. The van der Waals surface area contributed by atoms with Gasteiger partial charge in [0, 0.05) is 10.6 Å². The van der Waals surface area contributed by atoms with E-state index in [0.29, 0.717) is 33.8 Å². The smallest absolute Gasteiger partial charge is 0.349 e. The Morgan fingerprint density at radius 2 is 1.61 bits per heavy atom. The average Bonchev–Trinajstić information content (AvgIpc) is 2.84. The molecular weight excluding hydrogens is 438 g/mol. The third kappa shape index (κ3) is 4.16. The fraction of sp³-hybridized carbons (Fsp3) is 0.0385. The van der Waals surface area contributed by atoms with Gasteiger partial charge in [-0.2, -0.15) is 5.10 Å². The molecule has 5 aromatic rings. The topological polar surface area (TPSA) is 76.5 Å². The molecule has 0 saturated carbocycles. The van der Waals surface area contributed by atoms with Crippen molar-refractivity contribution in [2.24, 2.45) is 5.10 Å². The van der Waals surface area contributed by atoms with Crippen LogP contribution in [0.25, 0.3) is 21.7 Å². The Balaban J connectivity index is 1.58. The maximum Gasteiger partial charge on any atom is 0.349 e. The van der Waals surface area contributed by atoms with Gasteiger partial charge in [0.05, 0.1) is 17.1 Å². The Kier molecular flexibility index (Phi) is 5.50. The first-order valence-electron chi connectivity index (χ1n) is 10.3. The molecule has 1 N–H and O–H groups in total. The zero-order valence-corrected chi connectivity index (χ0v) is 18.1. The number of aromatic nitrogens is 2. The van der Waals surface area contributed by atoms with Crippen LogP contribution in [0.4, 0.5) is 0 Å². The van der Waals surface area contributed by atoms with Crippen molar-refractivity contribution in [1.82, 2.24) is 9.66 Å². The molecule has 162 valence electrons. The van der Waals surface area contributed by atoms with Crippen LogP contribution in [0, 0.1) is 0 Å². The number of para-hydroxylation sites is 1. The second kappa shape index (κ2) is 8.76. The number of hydrogen-bond donors (Lipinski definition) is 1. The maximum atomic E-state index is 12.8. The van der Waals surface area contributed by atoms with E-state index in [1.54, 1.807) is 36.4 Å². The first-order valence-corrected chi connectivity index (χ1v) is 10.7. The Morgan fingerprint density at radius 1 is 0.879 bits per heavy atom. The van der Waals surface area contributed by atoms with Gasteiger partial charge in [0.15, 0.2) is 0 Å². The van der Waals surface area contributed by atoms with Crippen molar-refractivity contribution < 1.29 is 4.74 Å². The van der Waals surface area contributed by atoms with Crippen molar-refractivity contribution in [3.63, 3.8) is 0 Å². The highest BCUT2D eigenvalue weighted by atomic mass is 35.5. The normalized spacial score (nSPS) is 11.4. The van der Waals surface area contributed by atoms with E-state index in [0.717, 1.165) is 21.0 Å². The molecule has 0 spiro atoms. The molecule has 1 aromatic heterocycles. The van der Waals surface area contributed by atoms with Gasteiger partial charge >= 0.3 is 5.69 Å². The van der Waals surface area contributed by atoms with Gasteiger partial charge in [0.25, 0.3) is 5.56 Å². The Hall–Kier alpha value is -4.16. The van der Waals surface area contributed by atoms with Crippen LogP contribution in [0.1, 0.15) is 11.1 Å². The molecule has 7 heteroatoms. The van der Waals surface area contributed by atoms with E-state index in [1.165, 1.54) is 6.21 Å². The molecule has 0 saturated heterocycles. The maximum absolute atomic E-state index is 12.8. The number of aromatic amines is 1. The molecule has 6 nitrogen and oxygen atoms in total. The zero-order chi connectivity index (χ0) is 22.8. The summed E-state index contributed by atoms with van der Waals surface area (Å²) in [6, 6.07) is 25.8. The highest BCUT2D eigenvalue weighted by Crippen LogP contribution is 2.27. The number of nitrogens with zero attached hydrogens (tertiary/aromatic N) is 2. The number of H-pyrrole nitrogens is 1. The first-order chi connectivity index (χ1) is 16.1. The van der Waals surface area contributed by atoms with Crippen molar-refractivity contribution in [3.05, 3.63) is 122 Å². The fourth-order valence-electron chi connectivity index (χ4n) is 3.65. The molecule has 0 aliphatic carbocycles. The lowest BCUT2D eigenvalue weighted by molar-refractivity contribution is 0.306. The van der Waals surface area contributed by atoms with E-state index >= 15 is 0 Å². The molecule has 0 atom stereocenters. The van der Waals surface area contributed by atoms with Gasteiger partial charge in [0.1, 0.15) is 12.4 Å². The molecule has 33 heavy (non-hydrogen) atoms. The second-order valence-corrected chi connectivity index (χ2v) is 7.89. The van der Waals surface area contributed by atoms with E-state index in [-0.39, 0.29) is 0 Å². The van der Waals surface area contributed by atoms with Crippen molar-refractivity contribution >= 4 is 39.5 Å². The molecule has 0 aliphatic rings. The molecular formula is C26H18ClN3O3. The predicted octanol–water partition coefficient (Wildman–Crippen LogP) is 4.96. The van der Waals surface area contributed by atoms with Crippen molar-refractivity contribution in [3.8, 4) is 5.75 Å². The van der Waals surface area contributed by atoms with Gasteiger partial charge in [0.2, 0.25) is 0 Å². The molecule has 0 fully saturated rings. The van der Waals surface area contributed by atoms with Crippen molar-refractivity contribution in [1.29, 1.82) is 0 Å². The molecule has 0 radical (unpaired) electrons. The van der Waals surface area contributed by atoms with Crippen LogP contribution < -0.4 is 16.0 Å². The third-order valence-electron chi connectivity index (χ3n) is 5.32. The van der Waals surface area contributed by atoms with E-state index in [4.69, 9.17) is 16.3 Å². The van der Waals surface area contributed by atoms with Gasteiger partial charge in [-0.05, 0) is 46.7 Å². The quantitative estimate of drug-likeness (QED) is 0.381. The summed E-state index contributed by atoms with van der Waals surface area (Å²) < 4.78 is 6.91. The molecule has 0 unspecified atom stereocenters. The van der Waals surface area contributed by atoms with Crippen LogP contribution in [0.15, 0.2) is 99.6 Å². The summed E-state index contributed by atoms with van der Waals surface area (Å²) in [4.78, 5) is 28.0.